The quantitative estimate of drug-likeness (QED) is 0.803. The number of benzene rings is 1. The van der Waals surface area contributed by atoms with Gasteiger partial charge in [-0.25, -0.2) is 9.97 Å². The van der Waals surface area contributed by atoms with Crippen LogP contribution in [0.4, 0.5) is 0 Å². The first-order chi connectivity index (χ1) is 9.47. The zero-order chi connectivity index (χ0) is 14.7. The molecular weight excluding hydrogens is 293 g/mol. The van der Waals surface area contributed by atoms with E-state index in [4.69, 9.17) is 23.2 Å². The molecule has 1 aromatic carbocycles. The molecule has 0 aliphatic heterocycles. The fourth-order valence-corrected chi connectivity index (χ4v) is 2.56. The Hall–Kier alpha value is -1.16. The number of aromatic nitrogens is 2. The molecule has 0 unspecified atom stereocenters. The van der Waals surface area contributed by atoms with Crippen LogP contribution in [0.5, 0.6) is 0 Å². The van der Waals surface area contributed by atoms with Crippen LogP contribution >= 0.6 is 23.2 Å². The van der Waals surface area contributed by atoms with Crippen molar-refractivity contribution in [2.75, 3.05) is 20.6 Å². The molecule has 0 atom stereocenters. The molecule has 0 spiro atoms. The van der Waals surface area contributed by atoms with Crippen LogP contribution in [0.25, 0.3) is 11.1 Å². The lowest BCUT2D eigenvalue weighted by Crippen LogP contribution is -2.16. The summed E-state index contributed by atoms with van der Waals surface area (Å²) in [4.78, 5) is 10.8. The second-order valence-corrected chi connectivity index (χ2v) is 5.74. The van der Waals surface area contributed by atoms with Crippen LogP contribution in [-0.2, 0) is 6.42 Å². The molecule has 1 heterocycles. The molecule has 5 heteroatoms. The fourth-order valence-electron chi connectivity index (χ4n) is 1.92. The third-order valence-electron chi connectivity index (χ3n) is 2.96. The van der Waals surface area contributed by atoms with E-state index in [0.29, 0.717) is 21.7 Å². The Labute approximate surface area is 129 Å². The highest BCUT2D eigenvalue weighted by Gasteiger charge is 2.13. The smallest absolute Gasteiger partial charge is 0.142 e. The minimum atomic E-state index is 0.407. The van der Waals surface area contributed by atoms with Gasteiger partial charge in [-0.1, -0.05) is 53.0 Å². The standard InChI is InChI=1S/C15H17Cl2N3/c1-10-5-4-6-11(9-10)13-14(16)18-12(19-15(13)17)7-8-20(2)3/h4-6,9H,7-8H2,1-3H3. The molecule has 20 heavy (non-hydrogen) atoms. The predicted molar refractivity (Wildman–Crippen MR) is 84.5 cm³/mol. The lowest BCUT2D eigenvalue weighted by atomic mass is 10.1. The molecule has 0 aliphatic carbocycles. The number of aryl methyl sites for hydroxylation is 1. The van der Waals surface area contributed by atoms with E-state index in [1.165, 1.54) is 0 Å². The molecule has 2 aromatic rings. The van der Waals surface area contributed by atoms with Crippen LogP contribution in [0.15, 0.2) is 24.3 Å². The van der Waals surface area contributed by atoms with Gasteiger partial charge in [-0.05, 0) is 26.6 Å². The highest BCUT2D eigenvalue weighted by atomic mass is 35.5. The topological polar surface area (TPSA) is 29.0 Å². The Morgan fingerprint density at radius 3 is 2.30 bits per heavy atom. The van der Waals surface area contributed by atoms with Crippen LogP contribution in [0, 0.1) is 6.92 Å². The SMILES string of the molecule is Cc1cccc(-c2c(Cl)nc(CCN(C)C)nc2Cl)c1. The summed E-state index contributed by atoms with van der Waals surface area (Å²) in [5.41, 5.74) is 2.79. The minimum absolute atomic E-state index is 0.407. The summed E-state index contributed by atoms with van der Waals surface area (Å²) in [6.07, 6.45) is 0.723. The summed E-state index contributed by atoms with van der Waals surface area (Å²) in [6, 6.07) is 7.98. The van der Waals surface area contributed by atoms with Crippen molar-refractivity contribution in [2.45, 2.75) is 13.3 Å². The molecule has 0 aliphatic rings. The van der Waals surface area contributed by atoms with Crippen molar-refractivity contribution >= 4 is 23.2 Å². The maximum atomic E-state index is 6.29. The van der Waals surface area contributed by atoms with Crippen molar-refractivity contribution in [3.63, 3.8) is 0 Å². The molecule has 2 rings (SSSR count). The lowest BCUT2D eigenvalue weighted by Gasteiger charge is -2.11. The Balaban J connectivity index is 2.36. The zero-order valence-corrected chi connectivity index (χ0v) is 13.3. The number of nitrogens with zero attached hydrogens (tertiary/aromatic N) is 3. The summed E-state index contributed by atoms with van der Waals surface area (Å²) >= 11 is 12.6. The van der Waals surface area contributed by atoms with Gasteiger partial charge in [0.15, 0.2) is 0 Å². The van der Waals surface area contributed by atoms with Gasteiger partial charge in [0.05, 0.1) is 5.56 Å². The van der Waals surface area contributed by atoms with E-state index in [1.807, 2.05) is 45.3 Å². The maximum Gasteiger partial charge on any atom is 0.142 e. The molecule has 0 fully saturated rings. The monoisotopic (exact) mass is 309 g/mol. The fraction of sp³-hybridized carbons (Fsp3) is 0.333. The molecule has 0 radical (unpaired) electrons. The average molecular weight is 310 g/mol. The molecule has 0 N–H and O–H groups in total. The summed E-state index contributed by atoms with van der Waals surface area (Å²) in [5, 5.41) is 0.814. The first-order valence-corrected chi connectivity index (χ1v) is 7.16. The van der Waals surface area contributed by atoms with Gasteiger partial charge in [0, 0.05) is 13.0 Å². The summed E-state index contributed by atoms with van der Waals surface area (Å²) in [7, 11) is 4.01. The lowest BCUT2D eigenvalue weighted by molar-refractivity contribution is 0.409. The molecule has 106 valence electrons. The van der Waals surface area contributed by atoms with E-state index in [1.54, 1.807) is 0 Å². The van der Waals surface area contributed by atoms with E-state index < -0.39 is 0 Å². The third-order valence-corrected chi connectivity index (χ3v) is 3.50. The Morgan fingerprint density at radius 1 is 1.10 bits per heavy atom. The zero-order valence-electron chi connectivity index (χ0n) is 11.8. The van der Waals surface area contributed by atoms with Crippen molar-refractivity contribution < 1.29 is 0 Å². The number of rotatable bonds is 4. The first kappa shape index (κ1) is 15.2. The summed E-state index contributed by atoms with van der Waals surface area (Å²) in [6.45, 7) is 2.88. The van der Waals surface area contributed by atoms with Gasteiger partial charge >= 0.3 is 0 Å². The molecule has 0 saturated carbocycles. The number of hydrogen-bond acceptors (Lipinski definition) is 3. The normalized spacial score (nSPS) is 11.1. The van der Waals surface area contributed by atoms with Gasteiger partial charge in [-0.2, -0.15) is 0 Å². The number of halogens is 2. The van der Waals surface area contributed by atoms with Crippen LogP contribution in [-0.4, -0.2) is 35.5 Å². The molecule has 0 amide bonds. The van der Waals surface area contributed by atoms with Crippen molar-refractivity contribution in [1.29, 1.82) is 0 Å². The van der Waals surface area contributed by atoms with E-state index >= 15 is 0 Å². The largest absolute Gasteiger partial charge is 0.309 e. The highest BCUT2D eigenvalue weighted by molar-refractivity contribution is 6.37. The summed E-state index contributed by atoms with van der Waals surface area (Å²) in [5.74, 6) is 0.671. The number of hydrogen-bond donors (Lipinski definition) is 0. The predicted octanol–water partition coefficient (Wildman–Crippen LogP) is 3.86. The second kappa shape index (κ2) is 6.53. The maximum absolute atomic E-state index is 6.29. The first-order valence-electron chi connectivity index (χ1n) is 6.41. The minimum Gasteiger partial charge on any atom is -0.309 e. The van der Waals surface area contributed by atoms with Gasteiger partial charge in [0.25, 0.3) is 0 Å². The Kier molecular flexibility index (Phi) is 4.97. The van der Waals surface area contributed by atoms with Gasteiger partial charge in [0.1, 0.15) is 16.1 Å². The summed E-state index contributed by atoms with van der Waals surface area (Å²) < 4.78 is 0. The van der Waals surface area contributed by atoms with Gasteiger partial charge in [0.2, 0.25) is 0 Å². The van der Waals surface area contributed by atoms with Crippen LogP contribution in [0.1, 0.15) is 11.4 Å². The van der Waals surface area contributed by atoms with Gasteiger partial charge < -0.3 is 4.90 Å². The van der Waals surface area contributed by atoms with Crippen molar-refractivity contribution in [1.82, 2.24) is 14.9 Å². The molecular formula is C15H17Cl2N3. The second-order valence-electron chi connectivity index (χ2n) is 5.02. The molecule has 0 saturated heterocycles. The molecule has 1 aromatic heterocycles. The van der Waals surface area contributed by atoms with E-state index in [0.717, 1.165) is 24.1 Å². The van der Waals surface area contributed by atoms with Gasteiger partial charge in [-0.3, -0.25) is 0 Å². The third kappa shape index (κ3) is 3.69. The van der Waals surface area contributed by atoms with Gasteiger partial charge in [-0.15, -0.1) is 0 Å². The highest BCUT2D eigenvalue weighted by Crippen LogP contribution is 2.32. The Bertz CT molecular complexity index is 589. The van der Waals surface area contributed by atoms with Crippen LogP contribution in [0.2, 0.25) is 10.3 Å². The van der Waals surface area contributed by atoms with Crippen molar-refractivity contribution in [2.24, 2.45) is 0 Å². The Morgan fingerprint density at radius 2 is 1.75 bits per heavy atom. The van der Waals surface area contributed by atoms with E-state index in [2.05, 4.69) is 14.9 Å². The van der Waals surface area contributed by atoms with Crippen LogP contribution in [0.3, 0.4) is 0 Å². The van der Waals surface area contributed by atoms with Crippen molar-refractivity contribution in [3.05, 3.63) is 46.0 Å². The molecule has 0 bridgehead atoms. The van der Waals surface area contributed by atoms with Crippen molar-refractivity contribution in [3.8, 4) is 11.1 Å². The van der Waals surface area contributed by atoms with E-state index in [9.17, 15) is 0 Å². The van der Waals surface area contributed by atoms with E-state index in [-0.39, 0.29) is 0 Å². The van der Waals surface area contributed by atoms with Crippen LogP contribution < -0.4 is 0 Å². The number of likely N-dealkylation sites (N-methyl/N-ethyl adjacent to an activating group) is 1. The molecule has 3 nitrogen and oxygen atoms in total. The average Bonchev–Trinajstić information content (AvgIpc) is 2.35.